The quantitative estimate of drug-likeness (QED) is 0.392. The third-order valence-electron chi connectivity index (χ3n) is 7.12. The predicted octanol–water partition coefficient (Wildman–Crippen LogP) is 2.84. The van der Waals surface area contributed by atoms with Gasteiger partial charge in [0.05, 0.1) is 5.88 Å². The largest absolute Gasteiger partial charge is 0.489 e. The third-order valence-corrected chi connectivity index (χ3v) is 8.84. The Morgan fingerprint density at radius 2 is 1.76 bits per heavy atom. The Morgan fingerprint density at radius 3 is 2.41 bits per heavy atom. The molecule has 0 spiro atoms. The van der Waals surface area contributed by atoms with Gasteiger partial charge in [-0.05, 0) is 36.9 Å². The SMILES string of the molecule is CN1CCN(CCOC(=O)N2CSC[C@@H]2C(=O)N[C@@H](Cc2ccc(OCc3c(Cl)cccc3Cl)cc2)C(N)=O)CC1. The van der Waals surface area contributed by atoms with Gasteiger partial charge in [-0.2, -0.15) is 0 Å². The first kappa shape index (κ1) is 31.2. The van der Waals surface area contributed by atoms with Gasteiger partial charge >= 0.3 is 6.09 Å². The molecule has 3 N–H and O–H groups in total. The number of thioether (sulfide) groups is 1. The number of nitrogens with two attached hydrogens (primary N) is 1. The minimum absolute atomic E-state index is 0.188. The predicted molar refractivity (Wildman–Crippen MR) is 160 cm³/mol. The molecule has 2 heterocycles. The van der Waals surface area contributed by atoms with Crippen LogP contribution in [0.25, 0.3) is 0 Å². The number of benzene rings is 2. The van der Waals surface area contributed by atoms with Crippen molar-refractivity contribution in [2.24, 2.45) is 5.73 Å². The van der Waals surface area contributed by atoms with Gasteiger partial charge in [-0.1, -0.05) is 41.4 Å². The summed E-state index contributed by atoms with van der Waals surface area (Å²) in [6.45, 7) is 4.94. The normalized spacial score (nSPS) is 18.6. The first-order valence-electron chi connectivity index (χ1n) is 13.4. The van der Waals surface area contributed by atoms with E-state index < -0.39 is 30.0 Å². The molecule has 2 aliphatic heterocycles. The highest BCUT2D eigenvalue weighted by atomic mass is 35.5. The van der Waals surface area contributed by atoms with Crippen molar-refractivity contribution < 1.29 is 23.9 Å². The van der Waals surface area contributed by atoms with E-state index in [4.69, 9.17) is 38.4 Å². The van der Waals surface area contributed by atoms with E-state index >= 15 is 0 Å². The topological polar surface area (TPSA) is 117 Å². The number of rotatable bonds is 11. The lowest BCUT2D eigenvalue weighted by Gasteiger charge is -2.32. The maximum Gasteiger partial charge on any atom is 0.411 e. The Labute approximate surface area is 254 Å². The standard InChI is InChI=1S/C28H35Cl2N5O5S/c1-33-9-11-34(12-10-33)13-14-39-28(38)35-18-41-17-25(35)27(37)32-24(26(31)36)15-19-5-7-20(8-6-19)40-16-21-22(29)3-2-4-23(21)30/h2-8,24-25H,9-18H2,1H3,(H2,31,36)(H,32,37)/t24-,25+/m0/s1. The van der Waals surface area contributed by atoms with Crippen LogP contribution in [0.1, 0.15) is 11.1 Å². The van der Waals surface area contributed by atoms with E-state index in [2.05, 4.69) is 22.2 Å². The second-order valence-corrected chi connectivity index (χ2v) is 11.9. The molecule has 2 saturated heterocycles. The van der Waals surface area contributed by atoms with Crippen LogP contribution < -0.4 is 15.8 Å². The van der Waals surface area contributed by atoms with Gasteiger partial charge in [0.2, 0.25) is 11.8 Å². The fourth-order valence-electron chi connectivity index (χ4n) is 4.53. The van der Waals surface area contributed by atoms with Gasteiger partial charge in [-0.25, -0.2) is 4.79 Å². The number of piperazine rings is 1. The molecule has 0 radical (unpaired) electrons. The van der Waals surface area contributed by atoms with E-state index in [1.165, 1.54) is 16.7 Å². The summed E-state index contributed by atoms with van der Waals surface area (Å²) in [5.74, 6) is 0.236. The average molecular weight is 625 g/mol. The summed E-state index contributed by atoms with van der Waals surface area (Å²) < 4.78 is 11.3. The van der Waals surface area contributed by atoms with Gasteiger partial charge in [0.25, 0.3) is 0 Å². The molecule has 2 aliphatic rings. The van der Waals surface area contributed by atoms with Crippen molar-refractivity contribution in [3.8, 4) is 5.75 Å². The molecule has 0 saturated carbocycles. The van der Waals surface area contributed by atoms with Crippen LogP contribution in [-0.4, -0.2) is 103 Å². The van der Waals surface area contributed by atoms with Gasteiger partial charge in [0.1, 0.15) is 31.0 Å². The summed E-state index contributed by atoms with van der Waals surface area (Å²) in [6, 6.07) is 10.7. The van der Waals surface area contributed by atoms with E-state index in [-0.39, 0.29) is 19.6 Å². The van der Waals surface area contributed by atoms with Crippen LogP contribution in [0.5, 0.6) is 5.75 Å². The van der Waals surface area contributed by atoms with Crippen molar-refractivity contribution in [3.63, 3.8) is 0 Å². The highest BCUT2D eigenvalue weighted by Crippen LogP contribution is 2.26. The van der Waals surface area contributed by atoms with E-state index in [1.807, 2.05) is 0 Å². The molecular formula is C28H35Cl2N5O5S. The maximum atomic E-state index is 13.1. The molecule has 10 nitrogen and oxygen atoms in total. The third kappa shape index (κ3) is 8.89. The number of hydrogen-bond donors (Lipinski definition) is 2. The van der Waals surface area contributed by atoms with E-state index in [1.54, 1.807) is 42.5 Å². The number of carbonyl (C=O) groups excluding carboxylic acids is 3. The van der Waals surface area contributed by atoms with E-state index in [9.17, 15) is 14.4 Å². The van der Waals surface area contributed by atoms with Crippen molar-refractivity contribution in [1.82, 2.24) is 20.0 Å². The molecule has 0 unspecified atom stereocenters. The van der Waals surface area contributed by atoms with Crippen LogP contribution in [-0.2, 0) is 27.4 Å². The zero-order chi connectivity index (χ0) is 29.4. The summed E-state index contributed by atoms with van der Waals surface area (Å²) in [4.78, 5) is 44.0. The van der Waals surface area contributed by atoms with E-state index in [0.717, 1.165) is 31.7 Å². The number of amides is 3. The number of likely N-dealkylation sites (N-methyl/N-ethyl adjacent to an activating group) is 1. The number of halogens is 2. The minimum atomic E-state index is -0.947. The monoisotopic (exact) mass is 623 g/mol. The summed E-state index contributed by atoms with van der Waals surface area (Å²) >= 11 is 13.9. The van der Waals surface area contributed by atoms with Crippen LogP contribution in [0, 0.1) is 0 Å². The Morgan fingerprint density at radius 1 is 1.07 bits per heavy atom. The van der Waals surface area contributed by atoms with E-state index in [0.29, 0.717) is 39.5 Å². The van der Waals surface area contributed by atoms with Gasteiger partial charge in [-0.15, -0.1) is 11.8 Å². The lowest BCUT2D eigenvalue weighted by atomic mass is 10.0. The first-order valence-corrected chi connectivity index (χ1v) is 15.3. The lowest BCUT2D eigenvalue weighted by Crippen LogP contribution is -2.54. The number of carbonyl (C=O) groups is 3. The molecule has 0 aromatic heterocycles. The van der Waals surface area contributed by atoms with Gasteiger partial charge in [-0.3, -0.25) is 19.4 Å². The molecule has 4 rings (SSSR count). The summed E-state index contributed by atoms with van der Waals surface area (Å²) in [7, 11) is 2.09. The number of hydrogen-bond acceptors (Lipinski definition) is 8. The molecule has 0 bridgehead atoms. The van der Waals surface area contributed by atoms with Crippen LogP contribution in [0.2, 0.25) is 10.0 Å². The maximum absolute atomic E-state index is 13.1. The summed E-state index contributed by atoms with van der Waals surface area (Å²) in [5.41, 5.74) is 7.09. The minimum Gasteiger partial charge on any atom is -0.489 e. The molecule has 222 valence electrons. The van der Waals surface area contributed by atoms with Crippen molar-refractivity contribution in [2.45, 2.75) is 25.1 Å². The Kier molecular flexibility index (Phi) is 11.4. The fourth-order valence-corrected chi connectivity index (χ4v) is 6.18. The molecular weight excluding hydrogens is 589 g/mol. The molecule has 13 heteroatoms. The molecule has 0 aliphatic carbocycles. The van der Waals surface area contributed by atoms with Crippen molar-refractivity contribution >= 4 is 52.9 Å². The Hall–Kier alpha value is -2.70. The Balaban J connectivity index is 1.27. The zero-order valence-electron chi connectivity index (χ0n) is 22.9. The fraction of sp³-hybridized carbons (Fsp3) is 0.464. The number of primary amides is 1. The number of nitrogens with one attached hydrogen (secondary N) is 1. The molecule has 2 atom stereocenters. The summed E-state index contributed by atoms with van der Waals surface area (Å²) in [6.07, 6.45) is -0.346. The van der Waals surface area contributed by atoms with Gasteiger partial charge < -0.3 is 25.4 Å². The van der Waals surface area contributed by atoms with Crippen molar-refractivity contribution in [1.29, 1.82) is 0 Å². The van der Waals surface area contributed by atoms with Crippen molar-refractivity contribution in [3.05, 3.63) is 63.6 Å². The molecule has 41 heavy (non-hydrogen) atoms. The first-order chi connectivity index (χ1) is 19.7. The van der Waals surface area contributed by atoms with Crippen LogP contribution in [0.4, 0.5) is 4.79 Å². The number of ether oxygens (including phenoxy) is 2. The lowest BCUT2D eigenvalue weighted by molar-refractivity contribution is -0.129. The highest BCUT2D eigenvalue weighted by Gasteiger charge is 2.37. The molecule has 2 aromatic rings. The van der Waals surface area contributed by atoms with Crippen LogP contribution in [0.3, 0.4) is 0 Å². The average Bonchev–Trinajstić information content (AvgIpc) is 3.45. The molecule has 2 aromatic carbocycles. The van der Waals surface area contributed by atoms with Crippen LogP contribution >= 0.6 is 35.0 Å². The van der Waals surface area contributed by atoms with Crippen LogP contribution in [0.15, 0.2) is 42.5 Å². The number of nitrogens with zero attached hydrogens (tertiary/aromatic N) is 3. The zero-order valence-corrected chi connectivity index (χ0v) is 25.2. The smallest absolute Gasteiger partial charge is 0.411 e. The van der Waals surface area contributed by atoms with Gasteiger partial charge in [0, 0.05) is 60.5 Å². The van der Waals surface area contributed by atoms with Crippen molar-refractivity contribution in [2.75, 3.05) is 58.0 Å². The summed E-state index contributed by atoms with van der Waals surface area (Å²) in [5, 5.41) is 3.77. The molecule has 3 amide bonds. The highest BCUT2D eigenvalue weighted by molar-refractivity contribution is 7.99. The second kappa shape index (κ2) is 15.0. The van der Waals surface area contributed by atoms with Gasteiger partial charge in [0.15, 0.2) is 0 Å². The Bertz CT molecular complexity index is 1190. The second-order valence-electron chi connectivity index (χ2n) is 10.0. The molecule has 2 fully saturated rings.